The van der Waals surface area contributed by atoms with Gasteiger partial charge < -0.3 is 15.0 Å². The Morgan fingerprint density at radius 2 is 1.75 bits per heavy atom. The minimum absolute atomic E-state index is 0.304. The Morgan fingerprint density at radius 1 is 1.33 bits per heavy atom. The molecule has 0 aliphatic carbocycles. The molecule has 0 atom stereocenters. The summed E-state index contributed by atoms with van der Waals surface area (Å²) in [4.78, 5) is 10.3. The standard InChI is InChI=1S/C8H17NO3/c1-3-5-9(12,6-4-2)7-8(10)11/h3-7H2,1-2H3,(H,10,11). The van der Waals surface area contributed by atoms with Crippen molar-refractivity contribution in [3.05, 3.63) is 5.21 Å². The Hall–Kier alpha value is -0.610. The van der Waals surface area contributed by atoms with E-state index in [0.29, 0.717) is 13.1 Å². The third-order valence-corrected chi connectivity index (χ3v) is 1.69. The van der Waals surface area contributed by atoms with Crippen LogP contribution in [0.15, 0.2) is 0 Å². The molecule has 0 saturated heterocycles. The van der Waals surface area contributed by atoms with Crippen LogP contribution in [-0.2, 0) is 4.79 Å². The van der Waals surface area contributed by atoms with E-state index in [9.17, 15) is 10.0 Å². The number of nitrogens with zero attached hydrogens (tertiary/aromatic N) is 1. The second-order valence-electron chi connectivity index (χ2n) is 3.06. The van der Waals surface area contributed by atoms with Crippen molar-refractivity contribution in [1.82, 2.24) is 0 Å². The van der Waals surface area contributed by atoms with E-state index < -0.39 is 10.6 Å². The molecule has 1 N–H and O–H groups in total. The third kappa shape index (κ3) is 4.31. The van der Waals surface area contributed by atoms with Crippen molar-refractivity contribution in [3.63, 3.8) is 0 Å². The monoisotopic (exact) mass is 175 g/mol. The van der Waals surface area contributed by atoms with E-state index in [1.807, 2.05) is 13.8 Å². The normalized spacial score (nSPS) is 11.6. The average Bonchev–Trinajstić information content (AvgIpc) is 1.85. The first-order chi connectivity index (χ1) is 5.54. The lowest BCUT2D eigenvalue weighted by atomic mass is 10.3. The summed E-state index contributed by atoms with van der Waals surface area (Å²) >= 11 is 0. The number of carboxylic acid groups (broad SMARTS) is 1. The van der Waals surface area contributed by atoms with Gasteiger partial charge in [0.15, 0.2) is 6.54 Å². The summed E-state index contributed by atoms with van der Waals surface area (Å²) in [6.45, 7) is 4.28. The summed E-state index contributed by atoms with van der Waals surface area (Å²) < 4.78 is -0.581. The van der Waals surface area contributed by atoms with Gasteiger partial charge in [0.2, 0.25) is 0 Å². The molecule has 4 nitrogen and oxygen atoms in total. The van der Waals surface area contributed by atoms with E-state index >= 15 is 0 Å². The number of hydroxylamine groups is 3. The molecule has 0 aliphatic rings. The number of quaternary nitrogens is 1. The predicted octanol–water partition coefficient (Wildman–Crippen LogP) is 1.21. The lowest BCUT2D eigenvalue weighted by molar-refractivity contribution is -0.873. The van der Waals surface area contributed by atoms with Gasteiger partial charge in [0.05, 0.1) is 13.1 Å². The predicted molar refractivity (Wildman–Crippen MR) is 46.4 cm³/mol. The zero-order chi connectivity index (χ0) is 9.61. The van der Waals surface area contributed by atoms with Gasteiger partial charge in [0.25, 0.3) is 0 Å². The summed E-state index contributed by atoms with van der Waals surface area (Å²) in [7, 11) is 0. The van der Waals surface area contributed by atoms with Crippen LogP contribution in [0.2, 0.25) is 0 Å². The second kappa shape index (κ2) is 5.11. The van der Waals surface area contributed by atoms with Gasteiger partial charge in [0, 0.05) is 0 Å². The molecule has 72 valence electrons. The summed E-state index contributed by atoms with van der Waals surface area (Å²) in [6, 6.07) is 0. The number of carboxylic acids is 1. The van der Waals surface area contributed by atoms with Gasteiger partial charge in [0.1, 0.15) is 0 Å². The van der Waals surface area contributed by atoms with Crippen molar-refractivity contribution in [3.8, 4) is 0 Å². The lowest BCUT2D eigenvalue weighted by Gasteiger charge is -2.40. The summed E-state index contributed by atoms with van der Waals surface area (Å²) in [5.41, 5.74) is 0. The first-order valence-electron chi connectivity index (χ1n) is 4.33. The van der Waals surface area contributed by atoms with Gasteiger partial charge in [-0.2, -0.15) is 0 Å². The fourth-order valence-corrected chi connectivity index (χ4v) is 1.33. The van der Waals surface area contributed by atoms with Crippen LogP contribution >= 0.6 is 0 Å². The van der Waals surface area contributed by atoms with Crippen molar-refractivity contribution < 1.29 is 14.5 Å². The first kappa shape index (κ1) is 11.4. The van der Waals surface area contributed by atoms with E-state index in [-0.39, 0.29) is 6.54 Å². The summed E-state index contributed by atoms with van der Waals surface area (Å²) in [5.74, 6) is -1.01. The lowest BCUT2D eigenvalue weighted by Crippen LogP contribution is -2.46. The van der Waals surface area contributed by atoms with Gasteiger partial charge >= 0.3 is 5.97 Å². The molecule has 0 saturated carbocycles. The maximum atomic E-state index is 11.7. The fourth-order valence-electron chi connectivity index (χ4n) is 1.33. The first-order valence-corrected chi connectivity index (χ1v) is 4.33. The maximum absolute atomic E-state index is 11.7. The third-order valence-electron chi connectivity index (χ3n) is 1.69. The van der Waals surface area contributed by atoms with Crippen molar-refractivity contribution in [2.75, 3.05) is 19.6 Å². The van der Waals surface area contributed by atoms with Gasteiger partial charge in [-0.3, -0.25) is 0 Å². The van der Waals surface area contributed by atoms with Crippen molar-refractivity contribution in [1.29, 1.82) is 0 Å². The van der Waals surface area contributed by atoms with E-state index in [1.165, 1.54) is 0 Å². The Labute approximate surface area is 73.0 Å². The molecule has 4 heteroatoms. The molecule has 0 unspecified atom stereocenters. The van der Waals surface area contributed by atoms with Crippen LogP contribution in [0.4, 0.5) is 0 Å². The maximum Gasteiger partial charge on any atom is 0.359 e. The largest absolute Gasteiger partial charge is 0.632 e. The molecular weight excluding hydrogens is 158 g/mol. The molecule has 0 radical (unpaired) electrons. The highest BCUT2D eigenvalue weighted by molar-refractivity contribution is 5.67. The quantitative estimate of drug-likeness (QED) is 0.487. The van der Waals surface area contributed by atoms with Crippen LogP contribution in [0.3, 0.4) is 0 Å². The fraction of sp³-hybridized carbons (Fsp3) is 0.875. The van der Waals surface area contributed by atoms with Gasteiger partial charge in [-0.25, -0.2) is 4.79 Å². The molecule has 0 aromatic rings. The molecule has 0 aromatic heterocycles. The molecule has 0 rings (SSSR count). The van der Waals surface area contributed by atoms with Crippen LogP contribution in [0.1, 0.15) is 26.7 Å². The second-order valence-corrected chi connectivity index (χ2v) is 3.06. The molecule has 0 aromatic carbocycles. The number of hydrogen-bond acceptors (Lipinski definition) is 2. The van der Waals surface area contributed by atoms with Crippen LogP contribution < -0.4 is 0 Å². The molecule has 0 heterocycles. The molecule has 0 amide bonds. The number of hydrogen-bond donors (Lipinski definition) is 1. The average molecular weight is 175 g/mol. The van der Waals surface area contributed by atoms with E-state index in [0.717, 1.165) is 12.8 Å². The number of aliphatic carboxylic acids is 1. The Kier molecular flexibility index (Phi) is 4.85. The van der Waals surface area contributed by atoms with E-state index in [2.05, 4.69) is 0 Å². The van der Waals surface area contributed by atoms with Crippen LogP contribution in [0, 0.1) is 5.21 Å². The summed E-state index contributed by atoms with van der Waals surface area (Å²) in [5, 5.41) is 20.2. The Morgan fingerprint density at radius 3 is 2.00 bits per heavy atom. The number of carbonyl (C=O) groups is 1. The highest BCUT2D eigenvalue weighted by atomic mass is 16.5. The van der Waals surface area contributed by atoms with E-state index in [1.54, 1.807) is 0 Å². The summed E-state index contributed by atoms with van der Waals surface area (Å²) in [6.07, 6.45) is 1.47. The van der Waals surface area contributed by atoms with Crippen LogP contribution in [0.25, 0.3) is 0 Å². The SMILES string of the molecule is CCC[N+]([O-])(CCC)CC(=O)O. The zero-order valence-corrected chi connectivity index (χ0v) is 7.75. The Bertz CT molecular complexity index is 141. The molecule has 0 bridgehead atoms. The Balaban J connectivity index is 4.07. The van der Waals surface area contributed by atoms with Crippen molar-refractivity contribution >= 4 is 5.97 Å². The topological polar surface area (TPSA) is 60.4 Å². The molecule has 0 fully saturated rings. The van der Waals surface area contributed by atoms with E-state index in [4.69, 9.17) is 5.11 Å². The van der Waals surface area contributed by atoms with Gasteiger partial charge in [-0.05, 0) is 12.8 Å². The minimum Gasteiger partial charge on any atom is -0.632 e. The molecule has 0 spiro atoms. The smallest absolute Gasteiger partial charge is 0.359 e. The molecule has 0 aliphatic heterocycles. The highest BCUT2D eigenvalue weighted by Crippen LogP contribution is 2.06. The van der Waals surface area contributed by atoms with Crippen LogP contribution in [0.5, 0.6) is 0 Å². The number of rotatable bonds is 6. The van der Waals surface area contributed by atoms with Crippen molar-refractivity contribution in [2.45, 2.75) is 26.7 Å². The minimum atomic E-state index is -1.01. The highest BCUT2D eigenvalue weighted by Gasteiger charge is 2.18. The zero-order valence-electron chi connectivity index (χ0n) is 7.75. The van der Waals surface area contributed by atoms with Crippen LogP contribution in [-0.4, -0.2) is 35.4 Å². The molecule has 12 heavy (non-hydrogen) atoms. The van der Waals surface area contributed by atoms with Gasteiger partial charge in [-0.1, -0.05) is 13.8 Å². The molecular formula is C8H17NO3. The van der Waals surface area contributed by atoms with Crippen molar-refractivity contribution in [2.24, 2.45) is 0 Å². The van der Waals surface area contributed by atoms with Gasteiger partial charge in [-0.15, -0.1) is 0 Å².